The van der Waals surface area contributed by atoms with Crippen molar-refractivity contribution in [3.63, 3.8) is 0 Å². The second-order valence-corrected chi connectivity index (χ2v) is 4.55. The van der Waals surface area contributed by atoms with Crippen LogP contribution in [0.4, 0.5) is 0 Å². The van der Waals surface area contributed by atoms with Crippen LogP contribution in [0.15, 0.2) is 6.20 Å². The van der Waals surface area contributed by atoms with Crippen molar-refractivity contribution in [3.05, 3.63) is 23.0 Å². The van der Waals surface area contributed by atoms with Gasteiger partial charge in [-0.25, -0.2) is 0 Å². The van der Waals surface area contributed by atoms with Gasteiger partial charge in [0.05, 0.1) is 12.7 Å². The smallest absolute Gasteiger partial charge is 0.128 e. The Balaban J connectivity index is 2.27. The first-order valence-electron chi connectivity index (χ1n) is 5.48. The van der Waals surface area contributed by atoms with E-state index in [1.54, 1.807) is 13.3 Å². The molecular formula is C12H18N2O2. The fourth-order valence-electron chi connectivity index (χ4n) is 2.10. The number of β-amino-alcohol motifs (C(OH)–C–C–N with tert-alkyl or cyclic N) is 1. The number of hydrogen-bond donors (Lipinski definition) is 2. The molecule has 0 aliphatic carbocycles. The summed E-state index contributed by atoms with van der Waals surface area (Å²) in [6, 6.07) is 0. The number of aryl methyl sites for hydroxylation is 1. The summed E-state index contributed by atoms with van der Waals surface area (Å²) in [6.07, 6.45) is 2.39. The van der Waals surface area contributed by atoms with E-state index in [4.69, 9.17) is 4.74 Å². The monoisotopic (exact) mass is 222 g/mol. The molecule has 0 aromatic carbocycles. The number of pyridine rings is 1. The fraction of sp³-hybridized carbons (Fsp3) is 0.583. The molecule has 1 aliphatic heterocycles. The van der Waals surface area contributed by atoms with Crippen LogP contribution in [0.25, 0.3) is 0 Å². The van der Waals surface area contributed by atoms with E-state index in [2.05, 4.69) is 10.3 Å². The summed E-state index contributed by atoms with van der Waals surface area (Å²) in [4.78, 5) is 4.39. The van der Waals surface area contributed by atoms with Crippen molar-refractivity contribution < 1.29 is 9.84 Å². The van der Waals surface area contributed by atoms with Crippen LogP contribution in [0.1, 0.15) is 16.8 Å². The molecule has 1 aromatic heterocycles. The average Bonchev–Trinajstić information content (AvgIpc) is 2.21. The highest BCUT2D eigenvalue weighted by Crippen LogP contribution is 2.27. The van der Waals surface area contributed by atoms with Crippen molar-refractivity contribution in [2.75, 3.05) is 20.2 Å². The largest absolute Gasteiger partial charge is 0.496 e. The van der Waals surface area contributed by atoms with Crippen molar-refractivity contribution >= 4 is 0 Å². The molecule has 0 saturated carbocycles. The van der Waals surface area contributed by atoms with Crippen LogP contribution in [0.2, 0.25) is 0 Å². The molecule has 1 saturated heterocycles. The van der Waals surface area contributed by atoms with Gasteiger partial charge < -0.3 is 15.2 Å². The van der Waals surface area contributed by atoms with Crippen molar-refractivity contribution in [2.24, 2.45) is 0 Å². The maximum Gasteiger partial charge on any atom is 0.128 e. The van der Waals surface area contributed by atoms with Gasteiger partial charge in [-0.05, 0) is 13.8 Å². The minimum absolute atomic E-state index is 0.586. The lowest BCUT2D eigenvalue weighted by Crippen LogP contribution is -2.60. The fourth-order valence-corrected chi connectivity index (χ4v) is 2.10. The van der Waals surface area contributed by atoms with E-state index in [0.717, 1.165) is 22.6 Å². The Morgan fingerprint density at radius 1 is 1.50 bits per heavy atom. The highest BCUT2D eigenvalue weighted by Gasteiger charge is 2.35. The standard InChI is InChI=1S/C12H18N2O2/c1-8-5-14-10(9(2)11(8)16-3)4-12(15)6-13-7-12/h5,13,15H,4,6-7H2,1-3H3. The van der Waals surface area contributed by atoms with Gasteiger partial charge in [0.1, 0.15) is 5.75 Å². The summed E-state index contributed by atoms with van der Waals surface area (Å²) >= 11 is 0. The molecule has 0 spiro atoms. The SMILES string of the molecule is COc1c(C)cnc(CC2(O)CNC2)c1C. The second kappa shape index (κ2) is 4.03. The van der Waals surface area contributed by atoms with Crippen LogP contribution in [0.3, 0.4) is 0 Å². The van der Waals surface area contributed by atoms with Crippen LogP contribution < -0.4 is 10.1 Å². The number of methoxy groups -OCH3 is 1. The minimum atomic E-state index is -0.627. The van der Waals surface area contributed by atoms with E-state index in [-0.39, 0.29) is 0 Å². The number of rotatable bonds is 3. The zero-order valence-corrected chi connectivity index (χ0v) is 10.0. The van der Waals surface area contributed by atoms with Gasteiger partial charge >= 0.3 is 0 Å². The van der Waals surface area contributed by atoms with Gasteiger partial charge in [-0.3, -0.25) is 4.98 Å². The molecule has 1 fully saturated rings. The third-order valence-corrected chi connectivity index (χ3v) is 3.15. The predicted octanol–water partition coefficient (Wildman–Crippen LogP) is 0.584. The molecule has 0 amide bonds. The van der Waals surface area contributed by atoms with E-state index in [9.17, 15) is 5.11 Å². The molecule has 1 aromatic rings. The van der Waals surface area contributed by atoms with Gasteiger partial charge in [0, 0.05) is 42.5 Å². The van der Waals surface area contributed by atoms with E-state index in [1.165, 1.54) is 0 Å². The van der Waals surface area contributed by atoms with Crippen LogP contribution in [-0.2, 0) is 6.42 Å². The minimum Gasteiger partial charge on any atom is -0.496 e. The van der Waals surface area contributed by atoms with Crippen molar-refractivity contribution in [3.8, 4) is 5.75 Å². The first-order valence-corrected chi connectivity index (χ1v) is 5.48. The molecular weight excluding hydrogens is 204 g/mol. The average molecular weight is 222 g/mol. The van der Waals surface area contributed by atoms with Gasteiger partial charge in [0.25, 0.3) is 0 Å². The first kappa shape index (κ1) is 11.4. The van der Waals surface area contributed by atoms with Gasteiger partial charge in [0.2, 0.25) is 0 Å². The third-order valence-electron chi connectivity index (χ3n) is 3.15. The van der Waals surface area contributed by atoms with E-state index in [0.29, 0.717) is 19.5 Å². The lowest BCUT2D eigenvalue weighted by atomic mass is 9.89. The normalized spacial score (nSPS) is 18.0. The van der Waals surface area contributed by atoms with Crippen LogP contribution in [0, 0.1) is 13.8 Å². The molecule has 4 nitrogen and oxygen atoms in total. The predicted molar refractivity (Wildman–Crippen MR) is 61.8 cm³/mol. The molecule has 0 bridgehead atoms. The second-order valence-electron chi connectivity index (χ2n) is 4.55. The number of ether oxygens (including phenoxy) is 1. The van der Waals surface area contributed by atoms with Gasteiger partial charge in [0.15, 0.2) is 0 Å². The summed E-state index contributed by atoms with van der Waals surface area (Å²) in [7, 11) is 1.67. The Labute approximate surface area is 95.7 Å². The maximum absolute atomic E-state index is 10.1. The lowest BCUT2D eigenvalue weighted by Gasteiger charge is -2.37. The number of hydrogen-bond acceptors (Lipinski definition) is 4. The quantitative estimate of drug-likeness (QED) is 0.785. The molecule has 4 heteroatoms. The highest BCUT2D eigenvalue weighted by molar-refractivity contribution is 5.41. The Kier molecular flexibility index (Phi) is 2.86. The number of nitrogens with zero attached hydrogens (tertiary/aromatic N) is 1. The molecule has 2 N–H and O–H groups in total. The molecule has 2 rings (SSSR count). The Morgan fingerprint density at radius 3 is 2.69 bits per heavy atom. The third kappa shape index (κ3) is 1.90. The Morgan fingerprint density at radius 2 is 2.19 bits per heavy atom. The molecule has 2 heterocycles. The molecule has 0 unspecified atom stereocenters. The number of aliphatic hydroxyl groups is 1. The summed E-state index contributed by atoms with van der Waals surface area (Å²) in [6.45, 7) is 5.25. The highest BCUT2D eigenvalue weighted by atomic mass is 16.5. The molecule has 16 heavy (non-hydrogen) atoms. The van der Waals surface area contributed by atoms with E-state index in [1.807, 2.05) is 13.8 Å². The number of aromatic nitrogens is 1. The zero-order valence-electron chi connectivity index (χ0n) is 10.0. The van der Waals surface area contributed by atoms with E-state index < -0.39 is 5.60 Å². The first-order chi connectivity index (χ1) is 7.56. The topological polar surface area (TPSA) is 54.4 Å². The Hall–Kier alpha value is -1.13. The van der Waals surface area contributed by atoms with Crippen molar-refractivity contribution in [2.45, 2.75) is 25.9 Å². The summed E-state index contributed by atoms with van der Waals surface area (Å²) < 4.78 is 5.35. The van der Waals surface area contributed by atoms with Crippen LogP contribution in [-0.4, -0.2) is 35.9 Å². The van der Waals surface area contributed by atoms with Crippen LogP contribution in [0.5, 0.6) is 5.75 Å². The van der Waals surface area contributed by atoms with Crippen molar-refractivity contribution in [1.29, 1.82) is 0 Å². The number of nitrogens with one attached hydrogen (secondary N) is 1. The zero-order chi connectivity index (χ0) is 11.8. The summed E-state index contributed by atoms with van der Waals surface area (Å²) in [5.74, 6) is 0.876. The van der Waals surface area contributed by atoms with Crippen LogP contribution >= 0.6 is 0 Å². The van der Waals surface area contributed by atoms with Gasteiger partial charge in [-0.1, -0.05) is 0 Å². The van der Waals surface area contributed by atoms with Gasteiger partial charge in [-0.2, -0.15) is 0 Å². The lowest BCUT2D eigenvalue weighted by molar-refractivity contribution is -0.00998. The van der Waals surface area contributed by atoms with Gasteiger partial charge in [-0.15, -0.1) is 0 Å². The van der Waals surface area contributed by atoms with Crippen molar-refractivity contribution in [1.82, 2.24) is 10.3 Å². The van der Waals surface area contributed by atoms with E-state index >= 15 is 0 Å². The Bertz CT molecular complexity index is 400. The maximum atomic E-state index is 10.1. The molecule has 1 aliphatic rings. The molecule has 0 radical (unpaired) electrons. The molecule has 88 valence electrons. The summed E-state index contributed by atoms with van der Waals surface area (Å²) in [5, 5.41) is 13.1. The summed E-state index contributed by atoms with van der Waals surface area (Å²) in [5.41, 5.74) is 2.36. The molecule has 0 atom stereocenters.